The number of pyridine rings is 1. The Morgan fingerprint density at radius 2 is 1.97 bits per heavy atom. The number of hydrogen-bond donors (Lipinski definition) is 5. The maximum Gasteiger partial charge on any atom is 0.232 e. The molecule has 1 aliphatic heterocycles. The van der Waals surface area contributed by atoms with E-state index in [1.165, 1.54) is 6.92 Å². The van der Waals surface area contributed by atoms with Gasteiger partial charge in [-0.1, -0.05) is 12.1 Å². The molecular formula is C23H27N5O4. The normalized spacial score (nSPS) is 29.2. The van der Waals surface area contributed by atoms with Crippen LogP contribution in [0.5, 0.6) is 0 Å². The van der Waals surface area contributed by atoms with Crippen LogP contribution < -0.4 is 11.1 Å². The zero-order valence-electron chi connectivity index (χ0n) is 18.0. The Bertz CT molecular complexity index is 1110. The first kappa shape index (κ1) is 20.9. The van der Waals surface area contributed by atoms with Crippen molar-refractivity contribution in [3.63, 3.8) is 0 Å². The molecule has 9 heteroatoms. The van der Waals surface area contributed by atoms with Crippen LogP contribution in [0.25, 0.3) is 0 Å². The molecule has 32 heavy (non-hydrogen) atoms. The predicted molar refractivity (Wildman–Crippen MR) is 118 cm³/mol. The molecule has 1 aromatic carbocycles. The molecule has 1 amide bonds. The SMILES string of the molecule is CC1(O)CC(N2C(=O)C[C@]3(Cc4c(Nc5ccc(C(C)(O)O)nc5)cccc43)N=C2N)C1. The Hall–Kier alpha value is -3.01. The van der Waals surface area contributed by atoms with Gasteiger partial charge in [-0.25, -0.2) is 4.99 Å². The zero-order valence-corrected chi connectivity index (χ0v) is 18.0. The lowest BCUT2D eigenvalue weighted by molar-refractivity contribution is -0.155. The number of nitrogens with two attached hydrogens (primary N) is 1. The quantitative estimate of drug-likeness (QED) is 0.452. The molecule has 1 fully saturated rings. The van der Waals surface area contributed by atoms with Gasteiger partial charge in [0.15, 0.2) is 5.96 Å². The summed E-state index contributed by atoms with van der Waals surface area (Å²) in [5.41, 5.74) is 8.63. The number of amides is 1. The number of benzene rings is 1. The minimum atomic E-state index is -1.99. The summed E-state index contributed by atoms with van der Waals surface area (Å²) in [6.45, 7) is 3.02. The summed E-state index contributed by atoms with van der Waals surface area (Å²) in [6, 6.07) is 9.02. The third-order valence-corrected chi connectivity index (χ3v) is 6.68. The molecule has 0 radical (unpaired) electrons. The molecule has 1 spiro atoms. The van der Waals surface area contributed by atoms with Gasteiger partial charge < -0.3 is 26.4 Å². The standard InChI is InChI=1S/C23H27N5O4/c1-21(30)8-14(9-21)28-19(29)11-23(27-20(28)24)10-15-16(23)4-3-5-17(15)26-13-6-7-18(25-12-13)22(2,31)32/h3-7,12,14,26,30-32H,8-11H2,1-2H3,(H2,24,27)/t14?,21?,23-/m0/s1. The maximum atomic E-state index is 13.0. The Labute approximate surface area is 185 Å². The van der Waals surface area contributed by atoms with E-state index in [2.05, 4.69) is 10.3 Å². The van der Waals surface area contributed by atoms with Gasteiger partial charge in [-0.3, -0.25) is 14.7 Å². The number of hydrogen-bond acceptors (Lipinski definition) is 8. The molecule has 0 bridgehead atoms. The van der Waals surface area contributed by atoms with Gasteiger partial charge in [-0.2, -0.15) is 0 Å². The fourth-order valence-corrected chi connectivity index (χ4v) is 5.08. The molecule has 3 aliphatic rings. The van der Waals surface area contributed by atoms with E-state index < -0.39 is 16.9 Å². The number of fused-ring (bicyclic) bond motifs is 2. The van der Waals surface area contributed by atoms with E-state index in [4.69, 9.17) is 10.7 Å². The third-order valence-electron chi connectivity index (χ3n) is 6.68. The van der Waals surface area contributed by atoms with Crippen molar-refractivity contribution < 1.29 is 20.1 Å². The summed E-state index contributed by atoms with van der Waals surface area (Å²) in [5.74, 6) is -1.82. The number of aromatic nitrogens is 1. The molecule has 168 valence electrons. The van der Waals surface area contributed by atoms with Crippen LogP contribution in [0.1, 0.15) is 49.9 Å². The molecule has 0 saturated heterocycles. The van der Waals surface area contributed by atoms with Crippen molar-refractivity contribution in [2.45, 2.75) is 62.5 Å². The van der Waals surface area contributed by atoms with E-state index in [0.29, 0.717) is 24.9 Å². The highest BCUT2D eigenvalue weighted by molar-refractivity contribution is 6.00. The van der Waals surface area contributed by atoms with E-state index in [9.17, 15) is 20.1 Å². The third kappa shape index (κ3) is 3.33. The fourth-order valence-electron chi connectivity index (χ4n) is 5.08. The van der Waals surface area contributed by atoms with E-state index >= 15 is 0 Å². The molecule has 5 rings (SSSR count). The molecule has 1 saturated carbocycles. The van der Waals surface area contributed by atoms with Crippen LogP contribution in [0.2, 0.25) is 0 Å². The van der Waals surface area contributed by atoms with Gasteiger partial charge in [0.1, 0.15) is 5.54 Å². The molecule has 2 heterocycles. The second-order valence-corrected chi connectivity index (χ2v) is 9.59. The van der Waals surface area contributed by atoms with Crippen molar-refractivity contribution in [1.82, 2.24) is 9.88 Å². The van der Waals surface area contributed by atoms with Crippen LogP contribution in [0, 0.1) is 0 Å². The summed E-state index contributed by atoms with van der Waals surface area (Å²) < 4.78 is 0. The van der Waals surface area contributed by atoms with Crippen LogP contribution in [0.4, 0.5) is 11.4 Å². The number of aliphatic imine (C=N–C) groups is 1. The maximum absolute atomic E-state index is 13.0. The Balaban J connectivity index is 1.37. The van der Waals surface area contributed by atoms with Crippen LogP contribution in [-0.2, 0) is 22.5 Å². The van der Waals surface area contributed by atoms with E-state index in [1.54, 1.807) is 30.2 Å². The fraction of sp³-hybridized carbons (Fsp3) is 0.435. The first-order valence-electron chi connectivity index (χ1n) is 10.7. The first-order valence-corrected chi connectivity index (χ1v) is 10.7. The lowest BCUT2D eigenvalue weighted by atomic mass is 9.67. The predicted octanol–water partition coefficient (Wildman–Crippen LogP) is 1.19. The second kappa shape index (κ2) is 6.74. The molecule has 0 unspecified atom stereocenters. The Morgan fingerprint density at radius 1 is 1.22 bits per heavy atom. The summed E-state index contributed by atoms with van der Waals surface area (Å²) in [4.78, 5) is 23.4. The summed E-state index contributed by atoms with van der Waals surface area (Å²) in [5, 5.41) is 32.6. The molecule has 2 aliphatic carbocycles. The van der Waals surface area contributed by atoms with Crippen LogP contribution >= 0.6 is 0 Å². The number of aliphatic hydroxyl groups is 3. The van der Waals surface area contributed by atoms with E-state index in [1.807, 2.05) is 18.2 Å². The average molecular weight is 438 g/mol. The minimum absolute atomic E-state index is 0.0575. The summed E-state index contributed by atoms with van der Waals surface area (Å²) in [7, 11) is 0. The van der Waals surface area contributed by atoms with Gasteiger partial charge in [0, 0.05) is 18.2 Å². The lowest BCUT2D eigenvalue weighted by Gasteiger charge is -2.51. The second-order valence-electron chi connectivity index (χ2n) is 9.59. The Morgan fingerprint density at radius 3 is 2.56 bits per heavy atom. The van der Waals surface area contributed by atoms with E-state index in [0.717, 1.165) is 16.8 Å². The topological polar surface area (TPSA) is 144 Å². The molecule has 2 aromatic rings. The van der Waals surface area contributed by atoms with Crippen LogP contribution in [0.3, 0.4) is 0 Å². The van der Waals surface area contributed by atoms with Gasteiger partial charge in [0.25, 0.3) is 0 Å². The van der Waals surface area contributed by atoms with Crippen molar-refractivity contribution in [3.8, 4) is 0 Å². The van der Waals surface area contributed by atoms with Gasteiger partial charge in [0.2, 0.25) is 11.7 Å². The van der Waals surface area contributed by atoms with Gasteiger partial charge in [0.05, 0.1) is 29.6 Å². The number of carbonyl (C=O) groups is 1. The summed E-state index contributed by atoms with van der Waals surface area (Å²) in [6.07, 6.45) is 3.39. The van der Waals surface area contributed by atoms with Gasteiger partial charge in [-0.05, 0) is 56.0 Å². The number of nitrogens with zero attached hydrogens (tertiary/aromatic N) is 3. The number of anilines is 2. The molecule has 1 aromatic heterocycles. The van der Waals surface area contributed by atoms with Crippen LogP contribution in [-0.4, -0.2) is 48.7 Å². The van der Waals surface area contributed by atoms with Crippen molar-refractivity contribution in [2.24, 2.45) is 10.7 Å². The molecule has 6 N–H and O–H groups in total. The molecular weight excluding hydrogens is 410 g/mol. The van der Waals surface area contributed by atoms with E-state index in [-0.39, 0.29) is 30.0 Å². The molecule has 9 nitrogen and oxygen atoms in total. The van der Waals surface area contributed by atoms with Crippen molar-refractivity contribution in [1.29, 1.82) is 0 Å². The summed E-state index contributed by atoms with van der Waals surface area (Å²) >= 11 is 0. The number of carbonyl (C=O) groups excluding carboxylic acids is 1. The largest absolute Gasteiger partial charge is 0.390 e. The Kier molecular flexibility index (Phi) is 4.40. The lowest BCUT2D eigenvalue weighted by Crippen LogP contribution is -2.62. The molecule has 1 atom stereocenters. The van der Waals surface area contributed by atoms with Gasteiger partial charge in [-0.15, -0.1) is 0 Å². The highest BCUT2D eigenvalue weighted by Crippen LogP contribution is 2.51. The van der Waals surface area contributed by atoms with Crippen molar-refractivity contribution >= 4 is 23.2 Å². The van der Waals surface area contributed by atoms with Crippen molar-refractivity contribution in [2.75, 3.05) is 5.32 Å². The number of rotatable bonds is 4. The van der Waals surface area contributed by atoms with Crippen LogP contribution in [0.15, 0.2) is 41.5 Å². The minimum Gasteiger partial charge on any atom is -0.390 e. The van der Waals surface area contributed by atoms with Gasteiger partial charge >= 0.3 is 0 Å². The highest BCUT2D eigenvalue weighted by atomic mass is 16.5. The first-order chi connectivity index (χ1) is 15.0. The zero-order chi connectivity index (χ0) is 22.9. The number of nitrogens with one attached hydrogen (secondary N) is 1. The monoisotopic (exact) mass is 437 g/mol. The van der Waals surface area contributed by atoms with Crippen molar-refractivity contribution in [3.05, 3.63) is 53.3 Å². The average Bonchev–Trinajstić information content (AvgIpc) is 2.66. The smallest absolute Gasteiger partial charge is 0.232 e. The number of guanidine groups is 1. The highest BCUT2D eigenvalue weighted by Gasteiger charge is 2.53.